The Morgan fingerprint density at radius 3 is 2.46 bits per heavy atom. The van der Waals surface area contributed by atoms with Crippen LogP contribution in [0.25, 0.3) is 0 Å². The summed E-state index contributed by atoms with van der Waals surface area (Å²) in [6, 6.07) is 13.2. The second kappa shape index (κ2) is 9.11. The topological polar surface area (TPSA) is 112 Å². The van der Waals surface area contributed by atoms with Crippen molar-refractivity contribution >= 4 is 11.8 Å². The summed E-state index contributed by atoms with van der Waals surface area (Å²) in [4.78, 5) is 12.5. The zero-order valence-corrected chi connectivity index (χ0v) is 16.1. The number of carbonyl (C=O) groups is 1. The number of nitrogens with one attached hydrogen (secondary N) is 1. The summed E-state index contributed by atoms with van der Waals surface area (Å²) in [7, 11) is 1.45. The highest BCUT2D eigenvalue weighted by Gasteiger charge is 2.34. The summed E-state index contributed by atoms with van der Waals surface area (Å²) in [6.45, 7) is 3.65. The van der Waals surface area contributed by atoms with E-state index in [0.717, 1.165) is 0 Å². The number of ether oxygens (including phenoxy) is 2. The first-order valence-corrected chi connectivity index (χ1v) is 8.76. The summed E-state index contributed by atoms with van der Waals surface area (Å²) >= 11 is 0. The molecule has 3 N–H and O–H groups in total. The van der Waals surface area contributed by atoms with Gasteiger partial charge in [0, 0.05) is 17.7 Å². The van der Waals surface area contributed by atoms with Crippen LogP contribution in [0.3, 0.4) is 0 Å². The fraction of sp³-hybridized carbons (Fsp3) is 0.333. The summed E-state index contributed by atoms with van der Waals surface area (Å²) in [5, 5.41) is 31.0. The Bertz CT molecular complexity index is 856. The van der Waals surface area contributed by atoms with Gasteiger partial charge < -0.3 is 19.7 Å². The third-order valence-electron chi connectivity index (χ3n) is 4.46. The van der Waals surface area contributed by atoms with Crippen molar-refractivity contribution in [3.05, 3.63) is 53.6 Å². The second-order valence-corrected chi connectivity index (χ2v) is 6.99. The molecule has 7 heteroatoms. The number of hydrogen-bond donors (Lipinski definition) is 3. The molecule has 0 spiro atoms. The number of nitrogens with zero attached hydrogens (tertiary/aromatic N) is 1. The van der Waals surface area contributed by atoms with Crippen LogP contribution in [-0.4, -0.2) is 30.0 Å². The summed E-state index contributed by atoms with van der Waals surface area (Å²) in [5.74, 6) is 0.241. The Balaban J connectivity index is 2.25. The fourth-order valence-corrected chi connectivity index (χ4v) is 2.85. The number of amides is 1. The van der Waals surface area contributed by atoms with Gasteiger partial charge in [0.1, 0.15) is 6.10 Å². The van der Waals surface area contributed by atoms with Crippen LogP contribution in [0.4, 0.5) is 10.5 Å². The van der Waals surface area contributed by atoms with E-state index >= 15 is 0 Å². The number of methoxy groups -OCH3 is 1. The van der Waals surface area contributed by atoms with Crippen LogP contribution in [0, 0.1) is 16.7 Å². The molecule has 0 saturated heterocycles. The van der Waals surface area contributed by atoms with E-state index in [1.807, 2.05) is 19.9 Å². The van der Waals surface area contributed by atoms with E-state index in [9.17, 15) is 15.0 Å². The van der Waals surface area contributed by atoms with Gasteiger partial charge in [-0.05, 0) is 48.4 Å². The first-order chi connectivity index (χ1) is 13.3. The molecule has 0 saturated carbocycles. The van der Waals surface area contributed by atoms with Crippen molar-refractivity contribution in [1.29, 1.82) is 5.26 Å². The summed E-state index contributed by atoms with van der Waals surface area (Å²) in [6.07, 6.45) is -1.03. The molecule has 148 valence electrons. The van der Waals surface area contributed by atoms with Gasteiger partial charge in [-0.3, -0.25) is 5.32 Å². The van der Waals surface area contributed by atoms with E-state index in [1.165, 1.54) is 13.2 Å². The maximum atomic E-state index is 12.5. The lowest BCUT2D eigenvalue weighted by Crippen LogP contribution is -2.29. The number of aromatic hydroxyl groups is 1. The summed E-state index contributed by atoms with van der Waals surface area (Å²) < 4.78 is 10.7. The largest absolute Gasteiger partial charge is 0.504 e. The highest BCUT2D eigenvalue weighted by atomic mass is 16.6. The number of rotatable bonds is 7. The molecule has 0 unspecified atom stereocenters. The second-order valence-electron chi connectivity index (χ2n) is 6.99. The van der Waals surface area contributed by atoms with Crippen LogP contribution in [-0.2, 0) is 4.74 Å². The number of benzene rings is 2. The minimum atomic E-state index is -0.727. The average molecular weight is 384 g/mol. The maximum absolute atomic E-state index is 12.5. The zero-order valence-electron chi connectivity index (χ0n) is 16.1. The lowest BCUT2D eigenvalue weighted by atomic mass is 9.80. The monoisotopic (exact) mass is 384 g/mol. The van der Waals surface area contributed by atoms with Crippen molar-refractivity contribution in [1.82, 2.24) is 0 Å². The molecule has 0 aliphatic carbocycles. The van der Waals surface area contributed by atoms with Crippen LogP contribution in [0.1, 0.15) is 37.5 Å². The highest BCUT2D eigenvalue weighted by Crippen LogP contribution is 2.41. The quantitative estimate of drug-likeness (QED) is 0.666. The fourth-order valence-electron chi connectivity index (χ4n) is 2.85. The minimum absolute atomic E-state index is 0.0686. The van der Waals surface area contributed by atoms with Gasteiger partial charge >= 0.3 is 6.09 Å². The Kier molecular flexibility index (Phi) is 6.85. The summed E-state index contributed by atoms with van der Waals surface area (Å²) in [5.41, 5.74) is 0.944. The van der Waals surface area contributed by atoms with Crippen LogP contribution in [0.15, 0.2) is 42.5 Å². The van der Waals surface area contributed by atoms with E-state index in [1.54, 1.807) is 36.4 Å². The standard InChI is InChI=1S/C21H24N2O5/c1-21(2,10-11-24)19(15-6-9-18(27-3)17(25)12-15)28-20(26)23-16-7-4-14(13-22)5-8-16/h4-9,12,19,24-25H,10-11H2,1-3H3,(H,23,26)/t19-/m0/s1. The average Bonchev–Trinajstić information content (AvgIpc) is 2.66. The third kappa shape index (κ3) is 5.15. The number of nitriles is 1. The van der Waals surface area contributed by atoms with Gasteiger partial charge in [0.05, 0.1) is 18.7 Å². The SMILES string of the molecule is COc1ccc([C@H](OC(=O)Nc2ccc(C#N)cc2)C(C)(C)CCO)cc1O. The zero-order chi connectivity index (χ0) is 20.7. The number of aliphatic hydroxyl groups is 1. The first kappa shape index (κ1) is 21.1. The Labute approximate surface area is 164 Å². The van der Waals surface area contributed by atoms with Crippen LogP contribution in [0.5, 0.6) is 11.5 Å². The Morgan fingerprint density at radius 2 is 1.93 bits per heavy atom. The molecule has 0 heterocycles. The molecule has 1 atom stereocenters. The predicted octanol–water partition coefficient (Wildman–Crippen LogP) is 3.97. The first-order valence-electron chi connectivity index (χ1n) is 8.76. The van der Waals surface area contributed by atoms with E-state index in [-0.39, 0.29) is 12.4 Å². The lowest BCUT2D eigenvalue weighted by Gasteiger charge is -2.34. The number of carbonyl (C=O) groups excluding carboxylic acids is 1. The van der Waals surface area contributed by atoms with Crippen molar-refractivity contribution in [3.63, 3.8) is 0 Å². The number of aliphatic hydroxyl groups excluding tert-OH is 1. The van der Waals surface area contributed by atoms with Crippen molar-refractivity contribution in [2.75, 3.05) is 19.0 Å². The number of phenolic OH excluding ortho intramolecular Hbond substituents is 1. The van der Waals surface area contributed by atoms with Gasteiger partial charge in [-0.15, -0.1) is 0 Å². The Morgan fingerprint density at radius 1 is 1.25 bits per heavy atom. The molecule has 2 rings (SSSR count). The number of hydrogen-bond acceptors (Lipinski definition) is 6. The van der Waals surface area contributed by atoms with E-state index in [0.29, 0.717) is 29.0 Å². The van der Waals surface area contributed by atoms with E-state index in [4.69, 9.17) is 14.7 Å². The van der Waals surface area contributed by atoms with Gasteiger partial charge in [-0.2, -0.15) is 5.26 Å². The molecular weight excluding hydrogens is 360 g/mol. The van der Waals surface area contributed by atoms with Crippen molar-refractivity contribution in [2.45, 2.75) is 26.4 Å². The normalized spacial score (nSPS) is 12.0. The Hall–Kier alpha value is -3.24. The van der Waals surface area contributed by atoms with Gasteiger partial charge in [0.2, 0.25) is 0 Å². The maximum Gasteiger partial charge on any atom is 0.412 e. The molecule has 0 aliphatic heterocycles. The van der Waals surface area contributed by atoms with Crippen molar-refractivity contribution in [2.24, 2.45) is 5.41 Å². The van der Waals surface area contributed by atoms with Crippen molar-refractivity contribution < 1.29 is 24.5 Å². The van der Waals surface area contributed by atoms with E-state index in [2.05, 4.69) is 5.32 Å². The molecule has 0 bridgehead atoms. The molecule has 0 fully saturated rings. The van der Waals surface area contributed by atoms with Gasteiger partial charge in [0.15, 0.2) is 11.5 Å². The molecule has 0 radical (unpaired) electrons. The molecule has 2 aromatic carbocycles. The molecule has 0 aromatic heterocycles. The van der Waals surface area contributed by atoms with Crippen LogP contribution < -0.4 is 10.1 Å². The molecular formula is C21H24N2O5. The highest BCUT2D eigenvalue weighted by molar-refractivity contribution is 5.84. The van der Waals surface area contributed by atoms with E-state index < -0.39 is 17.6 Å². The molecule has 7 nitrogen and oxygen atoms in total. The minimum Gasteiger partial charge on any atom is -0.504 e. The number of phenols is 1. The van der Waals surface area contributed by atoms with Crippen LogP contribution in [0.2, 0.25) is 0 Å². The third-order valence-corrected chi connectivity index (χ3v) is 4.46. The van der Waals surface area contributed by atoms with Gasteiger partial charge in [0.25, 0.3) is 0 Å². The molecule has 1 amide bonds. The van der Waals surface area contributed by atoms with Gasteiger partial charge in [-0.1, -0.05) is 19.9 Å². The smallest absolute Gasteiger partial charge is 0.412 e. The molecule has 2 aromatic rings. The molecule has 28 heavy (non-hydrogen) atoms. The molecule has 0 aliphatic rings. The van der Waals surface area contributed by atoms with Gasteiger partial charge in [-0.25, -0.2) is 4.79 Å². The van der Waals surface area contributed by atoms with Crippen molar-refractivity contribution in [3.8, 4) is 17.6 Å². The lowest BCUT2D eigenvalue weighted by molar-refractivity contribution is 0.0151. The predicted molar refractivity (Wildman–Crippen MR) is 104 cm³/mol. The van der Waals surface area contributed by atoms with Crippen LogP contribution >= 0.6 is 0 Å². The number of anilines is 1.